The number of nitrogens with two attached hydrogens (primary N) is 6. The van der Waals surface area contributed by atoms with Gasteiger partial charge in [0.05, 0.1) is 117 Å². The molecule has 46 heteroatoms. The number of aryl methyl sites for hydroxylation is 1. The molecule has 1 fully saturated rings. The van der Waals surface area contributed by atoms with Gasteiger partial charge < -0.3 is 75.5 Å². The lowest BCUT2D eigenvalue weighted by Gasteiger charge is -2.13. The maximum absolute atomic E-state index is 13.2. The number of nitrogens with zero attached hydrogens (tertiary/aromatic N) is 25. The molecule has 43 nitrogen and oxygen atoms in total. The monoisotopic (exact) mass is 1930 g/mol. The number of amides is 6. The quantitative estimate of drug-likeness (QED) is 0.0427. The zero-order valence-electron chi connectivity index (χ0n) is 73.3. The van der Waals surface area contributed by atoms with Crippen LogP contribution in [0.1, 0.15) is 58.1 Å². The first-order valence-electron chi connectivity index (χ1n) is 42.2. The Balaban J connectivity index is 0.000000116. The van der Waals surface area contributed by atoms with E-state index in [0.29, 0.717) is 142 Å². The van der Waals surface area contributed by atoms with Crippen LogP contribution >= 0.6 is 15.9 Å². The molecule has 21 aromatic rings. The molecule has 7 aromatic carbocycles. The van der Waals surface area contributed by atoms with Gasteiger partial charge in [0.1, 0.15) is 107 Å². The first-order chi connectivity index (χ1) is 67.6. The molecule has 6 amide bonds. The first-order valence-corrected chi connectivity index (χ1v) is 43.0. The highest BCUT2D eigenvalue weighted by molar-refractivity contribution is 9.10. The molecule has 0 saturated heterocycles. The molecular weight excluding hydrogens is 1850 g/mol. The Labute approximate surface area is 792 Å². The summed E-state index contributed by atoms with van der Waals surface area (Å²) in [6.45, 7) is 2.20. The van der Waals surface area contributed by atoms with E-state index >= 15 is 0 Å². The number of rotatable bonds is 16. The van der Waals surface area contributed by atoms with Crippen molar-refractivity contribution in [3.05, 3.63) is 314 Å². The standard InChI is InChI=1S/C19H17N7O2.C18H16N6O2.C17H13N7O.C17H19N7O.C11H8BrN5.C11H7F2N5/c1-28-15-7-3-5-13(9-15)25-19(27)24-12-4-2-6-14(8-12)26-18-16(10-23-26)17(20)21-11-22-18;1-11-2-7-14(26-11)8-20-18(25)12-3-5-13(6-4-12)24-17-15(9-23-24)16(19)21-10-22-17;18-15-13-9-22-24(16(13)21-10-20-15)12-5-3-4-11(8-12)23-17(25)14-6-1-2-7-19-14;18-15-14-9-21-24(16(14)20-10-19-15)13-7-3-6-12(8-13)23-17(25)22-11-4-1-2-5-11;12-7-2-1-3-8(4-7)17-11-9(5-16-17)10(13)14-6-15-11;12-6-1-7(13)3-8(2-6)18-11-9(4-17-18)10(14)15-5-16-11/h2-11H,1H3,(H2,20,21,22)(H2,24,25,27);2-7,9-10H,8H2,1H3,(H,20,25)(H2,19,21,22);1-10H,(H,23,25)(H2,18,20,21);3,6-11H,1-2,4-5H2,(H2,18,19,20)(H2,22,23,25);1-6H,(H2,13,14,15);1-5H,(H2,14,15,16). The third-order valence-corrected chi connectivity index (χ3v) is 21.6. The lowest BCUT2D eigenvalue weighted by Crippen LogP contribution is -2.36. The van der Waals surface area contributed by atoms with Gasteiger partial charge >= 0.3 is 12.1 Å². The van der Waals surface area contributed by atoms with Gasteiger partial charge in [-0.25, -0.2) is 106 Å². The van der Waals surface area contributed by atoms with Crippen molar-refractivity contribution in [2.45, 2.75) is 45.2 Å². The van der Waals surface area contributed by atoms with E-state index in [9.17, 15) is 28.0 Å². The lowest BCUT2D eigenvalue weighted by molar-refractivity contribution is 0.0947. The molecule has 1 saturated carbocycles. The van der Waals surface area contributed by atoms with Gasteiger partial charge in [0.25, 0.3) is 11.8 Å². The largest absolute Gasteiger partial charge is 0.497 e. The van der Waals surface area contributed by atoms with Crippen molar-refractivity contribution in [3.63, 3.8) is 0 Å². The normalized spacial score (nSPS) is 11.5. The topological polar surface area (TPSA) is 593 Å². The number of hydrogen-bond acceptors (Lipinski definition) is 31. The highest BCUT2D eigenvalue weighted by atomic mass is 79.9. The number of nitrogen functional groups attached to an aromatic ring is 6. The maximum atomic E-state index is 13.2. The van der Waals surface area contributed by atoms with Crippen molar-refractivity contribution >= 4 is 164 Å². The third kappa shape index (κ3) is 21.6. The van der Waals surface area contributed by atoms with Gasteiger partial charge in [-0.05, 0) is 165 Å². The number of nitrogens with one attached hydrogen (secondary N) is 6. The zero-order valence-corrected chi connectivity index (χ0v) is 74.9. The number of ether oxygens (including phenoxy) is 1. The number of carbonyl (C=O) groups is 4. The van der Waals surface area contributed by atoms with Crippen molar-refractivity contribution in [2.24, 2.45) is 0 Å². The van der Waals surface area contributed by atoms with E-state index in [1.165, 1.54) is 61.7 Å². The van der Waals surface area contributed by atoms with Crippen LogP contribution in [-0.4, -0.2) is 161 Å². The molecule has 0 unspecified atom stereocenters. The predicted molar refractivity (Wildman–Crippen MR) is 521 cm³/mol. The minimum absolute atomic E-state index is 0.178. The summed E-state index contributed by atoms with van der Waals surface area (Å²) < 4.78 is 47.5. The molecule has 0 atom stereocenters. The number of carbonyl (C=O) groups excluding carboxylic acids is 4. The molecule has 0 aliphatic heterocycles. The Hall–Kier alpha value is -19.3. The molecule has 0 bridgehead atoms. The van der Waals surface area contributed by atoms with Gasteiger partial charge in [-0.2, -0.15) is 30.6 Å². The smallest absolute Gasteiger partial charge is 0.323 e. The summed E-state index contributed by atoms with van der Waals surface area (Å²) in [4.78, 5) is 102. The molecule has 18 N–H and O–H groups in total. The lowest BCUT2D eigenvalue weighted by atomic mass is 10.2. The van der Waals surface area contributed by atoms with Crippen molar-refractivity contribution in [2.75, 3.05) is 62.8 Å². The highest BCUT2D eigenvalue weighted by Gasteiger charge is 2.22. The number of urea groups is 2. The Kier molecular flexibility index (Phi) is 27.4. The van der Waals surface area contributed by atoms with Crippen LogP contribution in [0.5, 0.6) is 5.75 Å². The third-order valence-electron chi connectivity index (χ3n) is 21.1. The number of fused-ring (bicyclic) bond motifs is 6. The van der Waals surface area contributed by atoms with Crippen molar-refractivity contribution in [3.8, 4) is 39.9 Å². The molecule has 0 radical (unpaired) electrons. The number of benzene rings is 7. The summed E-state index contributed by atoms with van der Waals surface area (Å²) in [5, 5.41) is 46.7. The van der Waals surface area contributed by atoms with E-state index in [1.54, 1.807) is 159 Å². The zero-order chi connectivity index (χ0) is 96.6. The number of anilines is 10. The minimum Gasteiger partial charge on any atom is -0.497 e. The summed E-state index contributed by atoms with van der Waals surface area (Å²) in [5.74, 6) is 2.57. The predicted octanol–water partition coefficient (Wildman–Crippen LogP) is 13.6. The van der Waals surface area contributed by atoms with E-state index in [2.05, 4.69) is 143 Å². The highest BCUT2D eigenvalue weighted by Crippen LogP contribution is 2.30. The van der Waals surface area contributed by atoms with Gasteiger partial charge in [-0.1, -0.05) is 65.2 Å². The number of halogens is 3. The summed E-state index contributed by atoms with van der Waals surface area (Å²) in [6, 6.07) is 55.7. The van der Waals surface area contributed by atoms with Crippen LogP contribution in [0.2, 0.25) is 0 Å². The van der Waals surface area contributed by atoms with Crippen LogP contribution in [0.4, 0.5) is 76.0 Å². The molecular formula is C93H80BrF2N37O6. The van der Waals surface area contributed by atoms with E-state index in [-0.39, 0.29) is 41.4 Å². The van der Waals surface area contributed by atoms with Crippen LogP contribution < -0.4 is 71.0 Å². The fraction of sp³-hybridized carbons (Fsp3) is 0.0860. The number of aromatic nitrogens is 25. The van der Waals surface area contributed by atoms with Crippen LogP contribution in [0, 0.1) is 18.6 Å². The van der Waals surface area contributed by atoms with E-state index < -0.39 is 11.6 Å². The van der Waals surface area contributed by atoms with Gasteiger partial charge in [0.15, 0.2) is 33.9 Å². The number of methoxy groups -OCH3 is 1. The van der Waals surface area contributed by atoms with Gasteiger partial charge in [0, 0.05) is 57.2 Å². The molecule has 139 heavy (non-hydrogen) atoms. The molecule has 1 aliphatic carbocycles. The number of furan rings is 1. The SMILES string of the molecule is COc1cccc(NC(=O)Nc2cccc(-n3ncc4c(N)ncnc43)c2)c1.Cc1ccc(CNC(=O)c2ccc(-n3ncc4c(N)ncnc43)cc2)o1.Nc1ncnc2c1cnn2-c1cc(F)cc(F)c1.Nc1ncnc2c1cnn2-c1cccc(Br)c1.Nc1ncnc2c1cnn2-c1cccc(NC(=O)NC2CCCC2)c1.Nc1ncnc2c1cnn2-c1cccc(NC(=O)c2ccccn2)c1. The molecule has 0 spiro atoms. The fourth-order valence-electron chi connectivity index (χ4n) is 14.4. The summed E-state index contributed by atoms with van der Waals surface area (Å²) >= 11 is 3.43. The second-order valence-electron chi connectivity index (χ2n) is 30.4. The molecule has 14 heterocycles. The molecule has 1 aliphatic rings. The van der Waals surface area contributed by atoms with Crippen molar-refractivity contribution in [1.29, 1.82) is 0 Å². The second kappa shape index (κ2) is 41.6. The Morgan fingerprint density at radius 3 is 1.17 bits per heavy atom. The second-order valence-corrected chi connectivity index (χ2v) is 31.3. The van der Waals surface area contributed by atoms with Gasteiger partial charge in [0.2, 0.25) is 0 Å². The average Bonchev–Trinajstić information content (AvgIpc) is 1.68. The molecule has 22 rings (SSSR count). The van der Waals surface area contributed by atoms with E-state index in [0.717, 1.165) is 75.1 Å². The maximum Gasteiger partial charge on any atom is 0.323 e. The Bertz CT molecular complexity index is 8020. The number of hydrogen-bond donors (Lipinski definition) is 12. The van der Waals surface area contributed by atoms with E-state index in [1.807, 2.05) is 91.9 Å². The van der Waals surface area contributed by atoms with Gasteiger partial charge in [-0.15, -0.1) is 0 Å². The first kappa shape index (κ1) is 91.6. The fourth-order valence-corrected chi connectivity index (χ4v) is 14.8. The Morgan fingerprint density at radius 1 is 0.388 bits per heavy atom. The van der Waals surface area contributed by atoms with Crippen molar-refractivity contribution < 1.29 is 37.1 Å². The van der Waals surface area contributed by atoms with Crippen LogP contribution in [0.15, 0.2) is 284 Å². The van der Waals surface area contributed by atoms with Crippen LogP contribution in [0.25, 0.3) is 100 Å². The summed E-state index contributed by atoms with van der Waals surface area (Å²) in [6.07, 6.45) is 23.9. The summed E-state index contributed by atoms with van der Waals surface area (Å²) in [5.41, 5.74) is 45.9. The molecule has 694 valence electrons. The number of pyridine rings is 1. The van der Waals surface area contributed by atoms with E-state index in [4.69, 9.17) is 43.6 Å². The van der Waals surface area contributed by atoms with Crippen LogP contribution in [-0.2, 0) is 6.54 Å². The van der Waals surface area contributed by atoms with Crippen LogP contribution in [0.3, 0.4) is 0 Å². The van der Waals surface area contributed by atoms with Crippen molar-refractivity contribution in [1.82, 2.24) is 134 Å². The average molecular weight is 1930 g/mol. The van der Waals surface area contributed by atoms with Gasteiger partial charge in [-0.3, -0.25) is 14.6 Å². The minimum atomic E-state index is -0.685. The Morgan fingerprint density at radius 2 is 0.770 bits per heavy atom. The summed E-state index contributed by atoms with van der Waals surface area (Å²) in [7, 11) is 1.57. The molecule has 14 aromatic heterocycles.